The summed E-state index contributed by atoms with van der Waals surface area (Å²) >= 11 is 0. The first-order chi connectivity index (χ1) is 5.74. The monoisotopic (exact) mass is 389 g/mol. The van der Waals surface area contributed by atoms with E-state index in [2.05, 4.69) is 50.4 Å². The van der Waals surface area contributed by atoms with Gasteiger partial charge in [0.2, 0.25) is 0 Å². The largest absolute Gasteiger partial charge is 0.415 e. The molecule has 0 heterocycles. The number of nitrogens with one attached hydrogen (secondary N) is 1. The number of benzene rings is 1. The molecule has 13 heavy (non-hydrogen) atoms. The van der Waals surface area contributed by atoms with Crippen LogP contribution in [0.2, 0.25) is 0 Å². The Morgan fingerprint density at radius 2 is 2.08 bits per heavy atom. The van der Waals surface area contributed by atoms with Crippen molar-refractivity contribution in [3.8, 4) is 0 Å². The molecule has 0 bridgehead atoms. The van der Waals surface area contributed by atoms with Gasteiger partial charge >= 0.3 is 0 Å². The SMILES string of the molecule is [Ac].[CH2-]CNc1cccc(C(C)C)c1. The molecule has 1 aromatic rings. The Labute approximate surface area is 117 Å². The minimum atomic E-state index is 0. The van der Waals surface area contributed by atoms with E-state index >= 15 is 0 Å². The van der Waals surface area contributed by atoms with Crippen LogP contribution < -0.4 is 5.32 Å². The summed E-state index contributed by atoms with van der Waals surface area (Å²) in [5, 5.41) is 3.19. The first-order valence-electron chi connectivity index (χ1n) is 4.37. The molecule has 2 heteroatoms. The number of hydrogen-bond acceptors (Lipinski definition) is 1. The van der Waals surface area contributed by atoms with Crippen molar-refractivity contribution in [1.29, 1.82) is 0 Å². The van der Waals surface area contributed by atoms with E-state index in [0.717, 1.165) is 12.2 Å². The second-order valence-corrected chi connectivity index (χ2v) is 3.21. The van der Waals surface area contributed by atoms with Crippen LogP contribution >= 0.6 is 0 Å². The molecule has 0 unspecified atom stereocenters. The second-order valence-electron chi connectivity index (χ2n) is 3.21. The van der Waals surface area contributed by atoms with Gasteiger partial charge in [-0.25, -0.2) is 0 Å². The number of anilines is 1. The fourth-order valence-corrected chi connectivity index (χ4v) is 1.15. The van der Waals surface area contributed by atoms with E-state index in [1.807, 2.05) is 0 Å². The van der Waals surface area contributed by atoms with Crippen LogP contribution in [-0.4, -0.2) is 6.54 Å². The van der Waals surface area contributed by atoms with E-state index in [4.69, 9.17) is 0 Å². The molecule has 0 amide bonds. The van der Waals surface area contributed by atoms with Crippen LogP contribution in [0.15, 0.2) is 24.3 Å². The Bertz CT molecular complexity index is 246. The minimum absolute atomic E-state index is 0. The van der Waals surface area contributed by atoms with Crippen molar-refractivity contribution >= 4 is 5.69 Å². The van der Waals surface area contributed by atoms with Crippen molar-refractivity contribution in [1.82, 2.24) is 0 Å². The van der Waals surface area contributed by atoms with Crippen LogP contribution in [0.1, 0.15) is 25.3 Å². The molecule has 1 nitrogen and oxygen atoms in total. The first kappa shape index (κ1) is 13.5. The van der Waals surface area contributed by atoms with Gasteiger partial charge in [-0.1, -0.05) is 26.0 Å². The van der Waals surface area contributed by atoms with Crippen LogP contribution in [0.3, 0.4) is 0 Å². The molecule has 0 saturated heterocycles. The topological polar surface area (TPSA) is 12.0 Å². The van der Waals surface area contributed by atoms with Crippen molar-refractivity contribution in [2.75, 3.05) is 11.9 Å². The van der Waals surface area contributed by atoms with E-state index in [-0.39, 0.29) is 44.1 Å². The predicted molar refractivity (Wildman–Crippen MR) is 54.4 cm³/mol. The van der Waals surface area contributed by atoms with Gasteiger partial charge in [0, 0.05) is 49.7 Å². The molecular weight excluding hydrogens is 373 g/mol. The van der Waals surface area contributed by atoms with E-state index in [1.54, 1.807) is 0 Å². The third kappa shape index (κ3) is 4.47. The maximum atomic E-state index is 3.74. The third-order valence-electron chi connectivity index (χ3n) is 1.88. The molecule has 1 N–H and O–H groups in total. The van der Waals surface area contributed by atoms with Gasteiger partial charge in [-0.05, 0) is 23.6 Å². The molecular formula is C11H16AcN-. The van der Waals surface area contributed by atoms with Crippen molar-refractivity contribution in [2.45, 2.75) is 19.8 Å². The van der Waals surface area contributed by atoms with E-state index in [9.17, 15) is 0 Å². The molecule has 0 aliphatic heterocycles. The van der Waals surface area contributed by atoms with Gasteiger partial charge in [-0.2, -0.15) is 0 Å². The Balaban J connectivity index is 0.00000144. The molecule has 0 spiro atoms. The summed E-state index contributed by atoms with van der Waals surface area (Å²) in [6, 6.07) is 8.47. The maximum Gasteiger partial charge on any atom is 0.0318 e. The van der Waals surface area contributed by atoms with Gasteiger partial charge < -0.3 is 12.2 Å². The third-order valence-corrected chi connectivity index (χ3v) is 1.88. The summed E-state index contributed by atoms with van der Waals surface area (Å²) in [6.07, 6.45) is 0. The zero-order chi connectivity index (χ0) is 8.97. The molecule has 0 fully saturated rings. The van der Waals surface area contributed by atoms with Crippen molar-refractivity contribution < 1.29 is 44.1 Å². The average Bonchev–Trinajstić information content (AvgIpc) is 2.05. The Kier molecular flexibility index (Phi) is 7.09. The standard InChI is InChI=1S/C11H16N.Ac/c1-4-12-11-7-5-6-10(8-11)9(2)3;/h5-9,12H,1,4H2,2-3H3;/q-1;. The van der Waals surface area contributed by atoms with Crippen molar-refractivity contribution in [3.63, 3.8) is 0 Å². The Morgan fingerprint density at radius 1 is 1.38 bits per heavy atom. The Morgan fingerprint density at radius 3 is 2.62 bits per heavy atom. The van der Waals surface area contributed by atoms with Gasteiger partial charge in [0.1, 0.15) is 0 Å². The minimum Gasteiger partial charge on any atom is -0.415 e. The quantitative estimate of drug-likeness (QED) is 0.784. The summed E-state index contributed by atoms with van der Waals surface area (Å²) in [5.41, 5.74) is 2.53. The predicted octanol–water partition coefficient (Wildman–Crippen LogP) is 3.06. The first-order valence-corrected chi connectivity index (χ1v) is 4.37. The van der Waals surface area contributed by atoms with Gasteiger partial charge in [-0.15, -0.1) is 6.54 Å². The zero-order valence-electron chi connectivity index (χ0n) is 8.38. The summed E-state index contributed by atoms with van der Waals surface area (Å²) in [7, 11) is 0. The van der Waals surface area contributed by atoms with E-state index in [1.165, 1.54) is 5.56 Å². The van der Waals surface area contributed by atoms with E-state index in [0.29, 0.717) is 5.92 Å². The molecule has 1 aromatic carbocycles. The van der Waals surface area contributed by atoms with Gasteiger partial charge in [0.15, 0.2) is 0 Å². The maximum absolute atomic E-state index is 3.74. The van der Waals surface area contributed by atoms with Crippen molar-refractivity contribution in [3.05, 3.63) is 36.8 Å². The van der Waals surface area contributed by atoms with E-state index < -0.39 is 0 Å². The number of rotatable bonds is 3. The summed E-state index contributed by atoms with van der Waals surface area (Å²) < 4.78 is 0. The summed E-state index contributed by atoms with van der Waals surface area (Å²) in [4.78, 5) is 0. The normalized spacial score (nSPS) is 9.54. The summed E-state index contributed by atoms with van der Waals surface area (Å²) in [5.74, 6) is 0.594. The van der Waals surface area contributed by atoms with Gasteiger partial charge in [0.25, 0.3) is 0 Å². The zero-order valence-corrected chi connectivity index (χ0v) is 13.1. The second kappa shape index (κ2) is 6.85. The van der Waals surface area contributed by atoms with Crippen LogP contribution in [0.4, 0.5) is 5.69 Å². The average molecular weight is 389 g/mol. The molecule has 0 aliphatic carbocycles. The fraction of sp³-hybridized carbons (Fsp3) is 0.364. The fourth-order valence-electron chi connectivity index (χ4n) is 1.15. The molecule has 1 rings (SSSR count). The van der Waals surface area contributed by atoms with Crippen LogP contribution in [0.5, 0.6) is 0 Å². The molecule has 0 aliphatic rings. The summed E-state index contributed by atoms with van der Waals surface area (Å²) in [6.45, 7) is 8.88. The van der Waals surface area contributed by atoms with Gasteiger partial charge in [0.05, 0.1) is 0 Å². The Hall–Kier alpha value is 0.462. The van der Waals surface area contributed by atoms with Crippen LogP contribution in [-0.2, 0) is 0 Å². The molecule has 1 radical (unpaired) electrons. The van der Waals surface area contributed by atoms with Crippen molar-refractivity contribution in [2.24, 2.45) is 0 Å². The molecule has 0 saturated carbocycles. The number of hydrogen-bond donors (Lipinski definition) is 1. The van der Waals surface area contributed by atoms with Gasteiger partial charge in [-0.3, -0.25) is 0 Å². The smallest absolute Gasteiger partial charge is 0.0318 e. The molecule has 69 valence electrons. The molecule has 0 atom stereocenters. The van der Waals surface area contributed by atoms with Crippen LogP contribution in [0.25, 0.3) is 0 Å². The molecule has 0 aromatic heterocycles. The van der Waals surface area contributed by atoms with Crippen LogP contribution in [0, 0.1) is 51.0 Å².